The summed E-state index contributed by atoms with van der Waals surface area (Å²) in [5.41, 5.74) is 0. The lowest BCUT2D eigenvalue weighted by Crippen LogP contribution is -2.59. The molecule has 0 radical (unpaired) electrons. The SMILES string of the molecule is CCC/C=C\CCCCCCCC(=O)OCC(COC1OC(CO)C(O)C(O)C1O)OC(=O)CCCCCCC/C=C\CCCCCCCCC. The standard InChI is InChI=1S/C41H74O10/c1-3-5-7-9-11-13-15-16-17-18-19-20-22-24-26-28-30-37(44)50-34(33-49-41-40(47)39(46)38(45)35(31-42)51-41)32-48-36(43)29-27-25-23-21-14-12-10-8-6-4-2/h8,10,17-18,34-35,38-42,45-47H,3-7,9,11-16,19-33H2,1-2H3/b10-8-,18-17-. The van der Waals surface area contributed by atoms with Crippen LogP contribution in [0, 0.1) is 0 Å². The molecule has 1 aliphatic rings. The highest BCUT2D eigenvalue weighted by molar-refractivity contribution is 5.70. The van der Waals surface area contributed by atoms with Crippen molar-refractivity contribution in [1.29, 1.82) is 0 Å². The Labute approximate surface area is 309 Å². The number of aliphatic hydroxyl groups is 4. The largest absolute Gasteiger partial charge is 0.462 e. The van der Waals surface area contributed by atoms with Crippen LogP contribution in [0.1, 0.15) is 168 Å². The number of hydrogen-bond acceptors (Lipinski definition) is 10. The van der Waals surface area contributed by atoms with E-state index in [1.165, 1.54) is 57.8 Å². The Balaban J connectivity index is 2.37. The van der Waals surface area contributed by atoms with E-state index in [4.69, 9.17) is 18.9 Å². The van der Waals surface area contributed by atoms with Gasteiger partial charge in [0.2, 0.25) is 0 Å². The summed E-state index contributed by atoms with van der Waals surface area (Å²) in [6.45, 7) is 3.33. The summed E-state index contributed by atoms with van der Waals surface area (Å²) in [5.74, 6) is -0.828. The number of hydrogen-bond donors (Lipinski definition) is 4. The Morgan fingerprint density at radius 3 is 1.61 bits per heavy atom. The molecule has 4 N–H and O–H groups in total. The van der Waals surface area contributed by atoms with E-state index in [1.54, 1.807) is 0 Å². The molecule has 0 aromatic heterocycles. The number of unbranched alkanes of at least 4 members (excludes halogenated alkanes) is 18. The maximum atomic E-state index is 12.7. The fourth-order valence-electron chi connectivity index (χ4n) is 6.01. The first kappa shape index (κ1) is 47.2. The van der Waals surface area contributed by atoms with Gasteiger partial charge in [0.05, 0.1) is 13.2 Å². The van der Waals surface area contributed by atoms with E-state index in [0.29, 0.717) is 12.8 Å². The van der Waals surface area contributed by atoms with Gasteiger partial charge in [-0.05, 0) is 57.8 Å². The first-order valence-electron chi connectivity index (χ1n) is 20.4. The van der Waals surface area contributed by atoms with E-state index in [2.05, 4.69) is 38.2 Å². The molecule has 0 aromatic rings. The van der Waals surface area contributed by atoms with Crippen molar-refractivity contribution in [1.82, 2.24) is 0 Å². The van der Waals surface area contributed by atoms with Crippen molar-refractivity contribution in [2.75, 3.05) is 19.8 Å². The minimum absolute atomic E-state index is 0.219. The van der Waals surface area contributed by atoms with Crippen LogP contribution in [0.3, 0.4) is 0 Å². The fourth-order valence-corrected chi connectivity index (χ4v) is 6.01. The van der Waals surface area contributed by atoms with Gasteiger partial charge in [-0.3, -0.25) is 9.59 Å². The van der Waals surface area contributed by atoms with Crippen LogP contribution in [0.4, 0.5) is 0 Å². The molecule has 0 spiro atoms. The second-order valence-electron chi connectivity index (χ2n) is 14.1. The molecule has 1 fully saturated rings. The summed E-state index contributed by atoms with van der Waals surface area (Å²) < 4.78 is 22.0. The third-order valence-electron chi connectivity index (χ3n) is 9.29. The van der Waals surface area contributed by atoms with Gasteiger partial charge >= 0.3 is 11.9 Å². The zero-order chi connectivity index (χ0) is 37.4. The number of carbonyl (C=O) groups is 2. The maximum absolute atomic E-state index is 12.7. The monoisotopic (exact) mass is 727 g/mol. The minimum Gasteiger partial charge on any atom is -0.462 e. The molecule has 10 nitrogen and oxygen atoms in total. The summed E-state index contributed by atoms with van der Waals surface area (Å²) in [6.07, 6.45) is 26.2. The predicted octanol–water partition coefficient (Wildman–Crippen LogP) is 7.77. The van der Waals surface area contributed by atoms with E-state index in [0.717, 1.165) is 70.6 Å². The normalized spacial score (nSPS) is 21.4. The van der Waals surface area contributed by atoms with E-state index in [1.807, 2.05) is 0 Å². The topological polar surface area (TPSA) is 152 Å². The quantitative estimate of drug-likeness (QED) is 0.0300. The lowest BCUT2D eigenvalue weighted by molar-refractivity contribution is -0.305. The first-order valence-corrected chi connectivity index (χ1v) is 20.4. The van der Waals surface area contributed by atoms with Crippen LogP contribution in [0.15, 0.2) is 24.3 Å². The van der Waals surface area contributed by atoms with Crippen molar-refractivity contribution >= 4 is 11.9 Å². The summed E-state index contributed by atoms with van der Waals surface area (Å²) in [7, 11) is 0. The van der Waals surface area contributed by atoms with Gasteiger partial charge < -0.3 is 39.4 Å². The molecule has 0 bridgehead atoms. The van der Waals surface area contributed by atoms with Crippen LogP contribution in [0.5, 0.6) is 0 Å². The molecule has 0 amide bonds. The Bertz CT molecular complexity index is 892. The lowest BCUT2D eigenvalue weighted by atomic mass is 9.99. The molecule has 0 saturated carbocycles. The van der Waals surface area contributed by atoms with Gasteiger partial charge in [-0.25, -0.2) is 0 Å². The summed E-state index contributed by atoms with van der Waals surface area (Å²) >= 11 is 0. The second kappa shape index (κ2) is 32.8. The molecule has 1 rings (SSSR count). The maximum Gasteiger partial charge on any atom is 0.306 e. The minimum atomic E-state index is -1.59. The summed E-state index contributed by atoms with van der Waals surface area (Å²) in [4.78, 5) is 25.2. The average Bonchev–Trinajstić information content (AvgIpc) is 3.13. The molecule has 1 aliphatic heterocycles. The highest BCUT2D eigenvalue weighted by atomic mass is 16.7. The van der Waals surface area contributed by atoms with Crippen molar-refractivity contribution in [3.8, 4) is 0 Å². The van der Waals surface area contributed by atoms with E-state index in [-0.39, 0.29) is 32.0 Å². The fraction of sp³-hybridized carbons (Fsp3) is 0.854. The molecular formula is C41H74O10. The smallest absolute Gasteiger partial charge is 0.306 e. The van der Waals surface area contributed by atoms with E-state index >= 15 is 0 Å². The molecule has 298 valence electrons. The van der Waals surface area contributed by atoms with Crippen molar-refractivity contribution in [3.63, 3.8) is 0 Å². The predicted molar refractivity (Wildman–Crippen MR) is 201 cm³/mol. The van der Waals surface area contributed by atoms with Crippen molar-refractivity contribution in [3.05, 3.63) is 24.3 Å². The van der Waals surface area contributed by atoms with Gasteiger partial charge in [-0.15, -0.1) is 0 Å². The highest BCUT2D eigenvalue weighted by Gasteiger charge is 2.44. The first-order chi connectivity index (χ1) is 24.8. The average molecular weight is 727 g/mol. The van der Waals surface area contributed by atoms with Crippen LogP contribution in [-0.4, -0.2) is 89.0 Å². The number of carbonyl (C=O) groups excluding carboxylic acids is 2. The zero-order valence-electron chi connectivity index (χ0n) is 32.1. The van der Waals surface area contributed by atoms with Crippen molar-refractivity contribution < 1.29 is 49.0 Å². The third kappa shape index (κ3) is 24.9. The highest BCUT2D eigenvalue weighted by Crippen LogP contribution is 2.22. The Morgan fingerprint density at radius 1 is 0.588 bits per heavy atom. The van der Waals surface area contributed by atoms with Crippen LogP contribution in [-0.2, 0) is 28.5 Å². The summed E-state index contributed by atoms with van der Waals surface area (Å²) in [5, 5.41) is 39.9. The number of ether oxygens (including phenoxy) is 4. The van der Waals surface area contributed by atoms with Crippen molar-refractivity contribution in [2.24, 2.45) is 0 Å². The number of esters is 2. The van der Waals surface area contributed by atoms with Gasteiger partial charge in [0.25, 0.3) is 0 Å². The second-order valence-corrected chi connectivity index (χ2v) is 14.1. The van der Waals surface area contributed by atoms with Crippen LogP contribution >= 0.6 is 0 Å². The van der Waals surface area contributed by atoms with Crippen LogP contribution in [0.25, 0.3) is 0 Å². The van der Waals surface area contributed by atoms with Gasteiger partial charge in [0, 0.05) is 12.8 Å². The lowest BCUT2D eigenvalue weighted by Gasteiger charge is -2.39. The van der Waals surface area contributed by atoms with Gasteiger partial charge in [0.1, 0.15) is 31.0 Å². The Hall–Kier alpha value is -1.82. The zero-order valence-corrected chi connectivity index (χ0v) is 32.1. The Kier molecular flexibility index (Phi) is 30.4. The molecule has 0 aliphatic carbocycles. The molecule has 6 atom stereocenters. The van der Waals surface area contributed by atoms with Crippen LogP contribution < -0.4 is 0 Å². The molecule has 6 unspecified atom stereocenters. The van der Waals surface area contributed by atoms with Gasteiger partial charge in [0.15, 0.2) is 12.4 Å². The van der Waals surface area contributed by atoms with Gasteiger partial charge in [-0.1, -0.05) is 122 Å². The molecule has 1 heterocycles. The van der Waals surface area contributed by atoms with E-state index < -0.39 is 49.4 Å². The Morgan fingerprint density at radius 2 is 1.08 bits per heavy atom. The molecule has 51 heavy (non-hydrogen) atoms. The molecule has 10 heteroatoms. The van der Waals surface area contributed by atoms with Crippen LogP contribution in [0.2, 0.25) is 0 Å². The summed E-state index contributed by atoms with van der Waals surface area (Å²) in [6, 6.07) is 0. The number of allylic oxidation sites excluding steroid dienone is 4. The molecule has 1 saturated heterocycles. The number of rotatable bonds is 33. The van der Waals surface area contributed by atoms with Crippen molar-refractivity contribution in [2.45, 2.75) is 205 Å². The van der Waals surface area contributed by atoms with E-state index in [9.17, 15) is 30.0 Å². The molecular weight excluding hydrogens is 652 g/mol. The third-order valence-corrected chi connectivity index (χ3v) is 9.29. The van der Waals surface area contributed by atoms with Gasteiger partial charge in [-0.2, -0.15) is 0 Å². The molecule has 0 aromatic carbocycles. The number of aliphatic hydroxyl groups excluding tert-OH is 4.